The molecule has 0 unspecified atom stereocenters. The Labute approximate surface area is 100.0 Å². The van der Waals surface area contributed by atoms with E-state index < -0.39 is 5.97 Å². The second-order valence-electron chi connectivity index (χ2n) is 3.25. The molecule has 0 aliphatic heterocycles. The average Bonchev–Trinajstić information content (AvgIpc) is 2.38. The molecule has 0 bridgehead atoms. The van der Waals surface area contributed by atoms with E-state index in [0.29, 0.717) is 13.0 Å². The van der Waals surface area contributed by atoms with Crippen LogP contribution < -0.4 is 5.32 Å². The SMILES string of the molecule is C#CCCNC(=O)c1ccccc1C(=O)OC. The predicted molar refractivity (Wildman–Crippen MR) is 63.6 cm³/mol. The molecule has 1 aromatic rings. The number of methoxy groups -OCH3 is 1. The fourth-order valence-electron chi connectivity index (χ4n) is 1.31. The molecule has 17 heavy (non-hydrogen) atoms. The molecule has 0 aromatic heterocycles. The summed E-state index contributed by atoms with van der Waals surface area (Å²) in [7, 11) is 1.27. The topological polar surface area (TPSA) is 55.4 Å². The van der Waals surface area contributed by atoms with Crippen molar-refractivity contribution in [3.63, 3.8) is 0 Å². The summed E-state index contributed by atoms with van der Waals surface area (Å²) in [4.78, 5) is 23.2. The third-order valence-electron chi connectivity index (χ3n) is 2.13. The first-order valence-corrected chi connectivity index (χ1v) is 5.09. The largest absolute Gasteiger partial charge is 0.465 e. The van der Waals surface area contributed by atoms with Gasteiger partial charge in [-0.05, 0) is 12.1 Å². The van der Waals surface area contributed by atoms with Crippen LogP contribution in [-0.4, -0.2) is 25.5 Å². The van der Waals surface area contributed by atoms with Crippen molar-refractivity contribution in [2.24, 2.45) is 0 Å². The lowest BCUT2D eigenvalue weighted by Gasteiger charge is -2.07. The lowest BCUT2D eigenvalue weighted by molar-refractivity contribution is 0.0596. The zero-order valence-electron chi connectivity index (χ0n) is 9.53. The van der Waals surface area contributed by atoms with Gasteiger partial charge in [0.05, 0.1) is 18.2 Å². The van der Waals surface area contributed by atoms with Crippen molar-refractivity contribution in [1.29, 1.82) is 0 Å². The van der Waals surface area contributed by atoms with E-state index in [1.807, 2.05) is 0 Å². The van der Waals surface area contributed by atoms with Crippen LogP contribution in [0.5, 0.6) is 0 Å². The van der Waals surface area contributed by atoms with Gasteiger partial charge in [-0.25, -0.2) is 4.79 Å². The molecular weight excluding hydrogens is 218 g/mol. The highest BCUT2D eigenvalue weighted by Crippen LogP contribution is 2.09. The third-order valence-corrected chi connectivity index (χ3v) is 2.13. The molecule has 0 fully saturated rings. The van der Waals surface area contributed by atoms with E-state index in [1.54, 1.807) is 24.3 Å². The number of ether oxygens (including phenoxy) is 1. The second-order valence-corrected chi connectivity index (χ2v) is 3.25. The van der Waals surface area contributed by atoms with Crippen molar-refractivity contribution < 1.29 is 14.3 Å². The lowest BCUT2D eigenvalue weighted by Crippen LogP contribution is -2.26. The molecule has 0 spiro atoms. The van der Waals surface area contributed by atoms with Crippen molar-refractivity contribution >= 4 is 11.9 Å². The van der Waals surface area contributed by atoms with E-state index in [9.17, 15) is 9.59 Å². The van der Waals surface area contributed by atoms with Crippen LogP contribution in [0, 0.1) is 12.3 Å². The van der Waals surface area contributed by atoms with E-state index in [4.69, 9.17) is 6.42 Å². The van der Waals surface area contributed by atoms with Gasteiger partial charge >= 0.3 is 5.97 Å². The highest BCUT2D eigenvalue weighted by Gasteiger charge is 2.16. The van der Waals surface area contributed by atoms with E-state index in [1.165, 1.54) is 7.11 Å². The van der Waals surface area contributed by atoms with E-state index in [0.717, 1.165) is 0 Å². The Morgan fingerprint density at radius 3 is 2.59 bits per heavy atom. The van der Waals surface area contributed by atoms with Gasteiger partial charge < -0.3 is 10.1 Å². The molecule has 0 atom stereocenters. The summed E-state index contributed by atoms with van der Waals surface area (Å²) in [6.45, 7) is 0.380. The number of carbonyl (C=O) groups excluding carboxylic acids is 2. The van der Waals surface area contributed by atoms with Crippen molar-refractivity contribution in [3.8, 4) is 12.3 Å². The molecule has 1 N–H and O–H groups in total. The van der Waals surface area contributed by atoms with Gasteiger partial charge in [0.2, 0.25) is 0 Å². The Morgan fingerprint density at radius 1 is 1.35 bits per heavy atom. The van der Waals surface area contributed by atoms with Gasteiger partial charge in [0.25, 0.3) is 5.91 Å². The van der Waals surface area contributed by atoms with Crippen LogP contribution in [0.25, 0.3) is 0 Å². The standard InChI is InChI=1S/C13H13NO3/c1-3-4-9-14-12(15)10-7-5-6-8-11(10)13(16)17-2/h1,5-8H,4,9H2,2H3,(H,14,15). The van der Waals surface area contributed by atoms with Gasteiger partial charge in [-0.2, -0.15) is 0 Å². The van der Waals surface area contributed by atoms with Crippen LogP contribution in [0.4, 0.5) is 0 Å². The molecule has 1 aromatic carbocycles. The molecule has 0 saturated carbocycles. The number of esters is 1. The summed E-state index contributed by atoms with van der Waals surface area (Å²) in [5.74, 6) is 1.55. The monoisotopic (exact) mass is 231 g/mol. The minimum atomic E-state index is -0.535. The molecular formula is C13H13NO3. The third kappa shape index (κ3) is 3.35. The van der Waals surface area contributed by atoms with Gasteiger partial charge in [-0.15, -0.1) is 12.3 Å². The fourth-order valence-corrected chi connectivity index (χ4v) is 1.31. The number of hydrogen-bond acceptors (Lipinski definition) is 3. The maximum atomic E-state index is 11.8. The lowest BCUT2D eigenvalue weighted by atomic mass is 10.1. The quantitative estimate of drug-likeness (QED) is 0.481. The average molecular weight is 231 g/mol. The van der Waals surface area contributed by atoms with Crippen molar-refractivity contribution in [2.75, 3.05) is 13.7 Å². The zero-order valence-corrected chi connectivity index (χ0v) is 9.53. The molecule has 0 radical (unpaired) electrons. The highest BCUT2D eigenvalue weighted by atomic mass is 16.5. The van der Waals surface area contributed by atoms with Gasteiger partial charge in [-0.3, -0.25) is 4.79 Å². The Hall–Kier alpha value is -2.28. The Bertz CT molecular complexity index is 460. The molecule has 4 heteroatoms. The number of nitrogens with one attached hydrogen (secondary N) is 1. The van der Waals surface area contributed by atoms with E-state index >= 15 is 0 Å². The second kappa shape index (κ2) is 6.33. The normalized spacial score (nSPS) is 9.18. The Balaban J connectivity index is 2.86. The summed E-state index contributed by atoms with van der Waals surface area (Å²) in [6.07, 6.45) is 5.53. The molecule has 88 valence electrons. The van der Waals surface area contributed by atoms with Gasteiger partial charge in [0, 0.05) is 13.0 Å². The maximum Gasteiger partial charge on any atom is 0.338 e. The molecule has 1 amide bonds. The fraction of sp³-hybridized carbons (Fsp3) is 0.231. The minimum Gasteiger partial charge on any atom is -0.465 e. The van der Waals surface area contributed by atoms with Gasteiger partial charge in [-0.1, -0.05) is 12.1 Å². The molecule has 0 aliphatic rings. The summed E-state index contributed by atoms with van der Waals surface area (Å²) >= 11 is 0. The van der Waals surface area contributed by atoms with Crippen molar-refractivity contribution in [2.45, 2.75) is 6.42 Å². The molecule has 0 heterocycles. The molecule has 0 saturated heterocycles. The highest BCUT2D eigenvalue weighted by molar-refractivity contribution is 6.05. The van der Waals surface area contributed by atoms with Gasteiger partial charge in [0.1, 0.15) is 0 Å². The van der Waals surface area contributed by atoms with Crippen LogP contribution >= 0.6 is 0 Å². The van der Waals surface area contributed by atoms with Crippen LogP contribution in [0.15, 0.2) is 24.3 Å². The van der Waals surface area contributed by atoms with Crippen LogP contribution in [0.3, 0.4) is 0 Å². The number of hydrogen-bond donors (Lipinski definition) is 1. The first-order chi connectivity index (χ1) is 8.20. The van der Waals surface area contributed by atoms with Crippen molar-refractivity contribution in [3.05, 3.63) is 35.4 Å². The van der Waals surface area contributed by atoms with Crippen LogP contribution in [0.2, 0.25) is 0 Å². The maximum absolute atomic E-state index is 11.8. The molecule has 1 rings (SSSR count). The zero-order chi connectivity index (χ0) is 12.7. The van der Waals surface area contributed by atoms with Crippen molar-refractivity contribution in [1.82, 2.24) is 5.32 Å². The first-order valence-electron chi connectivity index (χ1n) is 5.09. The van der Waals surface area contributed by atoms with Crippen LogP contribution in [0.1, 0.15) is 27.1 Å². The number of rotatable bonds is 4. The Kier molecular flexibility index (Phi) is 4.77. The Morgan fingerprint density at radius 2 is 2.00 bits per heavy atom. The number of benzene rings is 1. The summed E-state index contributed by atoms with van der Waals surface area (Å²) in [5.41, 5.74) is 0.532. The predicted octanol–water partition coefficient (Wildman–Crippen LogP) is 1.23. The smallest absolute Gasteiger partial charge is 0.338 e. The first kappa shape index (κ1) is 12.8. The minimum absolute atomic E-state index is 0.244. The van der Waals surface area contributed by atoms with E-state index in [-0.39, 0.29) is 17.0 Å². The summed E-state index contributed by atoms with van der Waals surface area (Å²) in [5, 5.41) is 2.63. The van der Waals surface area contributed by atoms with Crippen LogP contribution in [-0.2, 0) is 4.74 Å². The molecule has 4 nitrogen and oxygen atoms in total. The summed E-state index contributed by atoms with van der Waals surface area (Å²) < 4.78 is 4.60. The van der Waals surface area contributed by atoms with Gasteiger partial charge in [0.15, 0.2) is 0 Å². The summed E-state index contributed by atoms with van der Waals surface area (Å²) in [6, 6.07) is 6.46. The number of terminal acetylenes is 1. The number of amides is 1. The van der Waals surface area contributed by atoms with E-state index in [2.05, 4.69) is 16.0 Å². The molecule has 0 aliphatic carbocycles. The number of carbonyl (C=O) groups is 2.